The number of aliphatic hydroxyl groups is 1. The predicted molar refractivity (Wildman–Crippen MR) is 207 cm³/mol. The van der Waals surface area contributed by atoms with Gasteiger partial charge in [-0.15, -0.1) is 11.8 Å². The Kier molecular flexibility index (Phi) is 13.8. The van der Waals surface area contributed by atoms with Gasteiger partial charge in [0.25, 0.3) is 0 Å². The molecule has 0 bridgehead atoms. The number of hydrogen-bond donors (Lipinski definition) is 1. The number of carbonyl (C=O) groups is 3. The van der Waals surface area contributed by atoms with Crippen LogP contribution >= 0.6 is 11.8 Å². The van der Waals surface area contributed by atoms with Crippen molar-refractivity contribution >= 4 is 29.7 Å². The molecule has 12 atom stereocenters. The summed E-state index contributed by atoms with van der Waals surface area (Å²) in [6.07, 6.45) is -11.4. The van der Waals surface area contributed by atoms with Gasteiger partial charge in [-0.2, -0.15) is 0 Å². The van der Waals surface area contributed by atoms with Gasteiger partial charge in [0.1, 0.15) is 42.1 Å². The van der Waals surface area contributed by atoms with Crippen LogP contribution in [0.25, 0.3) is 0 Å². The summed E-state index contributed by atoms with van der Waals surface area (Å²) < 4.78 is 62.7. The second-order valence-electron chi connectivity index (χ2n) is 15.1. The highest BCUT2D eigenvalue weighted by molar-refractivity contribution is 7.99. The molecule has 58 heavy (non-hydrogen) atoms. The van der Waals surface area contributed by atoms with Crippen LogP contribution in [0.4, 0.5) is 0 Å². The summed E-state index contributed by atoms with van der Waals surface area (Å²) in [4.78, 5) is 39.3. The molecule has 4 aliphatic rings. The van der Waals surface area contributed by atoms with E-state index in [1.54, 1.807) is 44.2 Å². The highest BCUT2D eigenvalue weighted by Gasteiger charge is 2.58. The third-order valence-corrected chi connectivity index (χ3v) is 11.5. The summed E-state index contributed by atoms with van der Waals surface area (Å²) in [5.41, 5.74) is -0.119. The Hall–Kier alpha value is -3.90. The van der Waals surface area contributed by atoms with Gasteiger partial charge in [-0.05, 0) is 38.2 Å². The molecule has 0 saturated carbocycles. The summed E-state index contributed by atoms with van der Waals surface area (Å²) in [6.45, 7) is 6.79. The number of esters is 3. The van der Waals surface area contributed by atoms with Crippen LogP contribution < -0.4 is 0 Å². The Morgan fingerprint density at radius 3 is 1.90 bits per heavy atom. The van der Waals surface area contributed by atoms with Gasteiger partial charge >= 0.3 is 17.9 Å². The quantitative estimate of drug-likeness (QED) is 0.175. The summed E-state index contributed by atoms with van der Waals surface area (Å²) in [5, 5.41) is 12.1. The Labute approximate surface area is 341 Å². The zero-order valence-corrected chi connectivity index (χ0v) is 33.6. The smallest absolute Gasteiger partial charge is 0.338 e. The van der Waals surface area contributed by atoms with Gasteiger partial charge in [0.15, 0.2) is 31.1 Å². The molecule has 4 aliphatic heterocycles. The van der Waals surface area contributed by atoms with E-state index < -0.39 is 96.5 Å². The number of rotatable bonds is 13. The van der Waals surface area contributed by atoms with E-state index in [2.05, 4.69) is 0 Å². The minimum Gasteiger partial charge on any atom is -0.466 e. The third-order valence-electron chi connectivity index (χ3n) is 10.4. The molecule has 4 saturated heterocycles. The number of fused-ring (bicyclic) bond motifs is 2. The molecule has 4 heterocycles. The van der Waals surface area contributed by atoms with Crippen molar-refractivity contribution in [3.63, 3.8) is 0 Å². The van der Waals surface area contributed by atoms with Crippen molar-refractivity contribution in [3.8, 4) is 0 Å². The van der Waals surface area contributed by atoms with E-state index in [0.29, 0.717) is 5.75 Å². The maximum Gasteiger partial charge on any atom is 0.338 e. The summed E-state index contributed by atoms with van der Waals surface area (Å²) in [6, 6.07) is 27.0. The number of aliphatic hydroxyl groups excluding tert-OH is 1. The molecule has 15 heteroatoms. The standard InChI is InChI=1S/C43H50O14S/c1-5-58-41-36(57-42(47)43(3,4)21-22-48-25(2)44)35(33-30(52-41)24-50-39(55-33)28-19-13-8-14-20-28)56-40-34(53-37(46)26-15-9-6-10-16-26)31(45)32-29(51-40)23-49-38(54-32)27-17-11-7-12-18-27/h6-20,29-36,38-41,45H,5,21-24H2,1-4H3/t29?,30?,31-,32+,33+,34?,35-,36?,38?,39?,40-,41-/m0/s1. The zero-order chi connectivity index (χ0) is 40.8. The first-order valence-electron chi connectivity index (χ1n) is 19.5. The lowest BCUT2D eigenvalue weighted by molar-refractivity contribution is -0.388. The SMILES string of the molecule is CCS[C@@H]1OC2COC(c3ccccc3)O[C@H]2[C@H](O[C@@H]2OC3COC(c4ccccc4)O[C@H]3[C@H](O)C2OC(=O)c2ccccc2)C1OC(=O)C(C)(C)CCOC(C)=O. The van der Waals surface area contributed by atoms with Crippen LogP contribution in [0, 0.1) is 5.41 Å². The maximum absolute atomic E-state index is 14.1. The molecule has 3 aromatic carbocycles. The lowest BCUT2D eigenvalue weighted by Crippen LogP contribution is -2.67. The monoisotopic (exact) mass is 822 g/mol. The number of ether oxygens (including phenoxy) is 10. The largest absolute Gasteiger partial charge is 0.466 e. The number of carbonyl (C=O) groups excluding carboxylic acids is 3. The molecule has 312 valence electrons. The molecular weight excluding hydrogens is 773 g/mol. The Bertz CT molecular complexity index is 1820. The molecule has 0 aromatic heterocycles. The summed E-state index contributed by atoms with van der Waals surface area (Å²) in [5.74, 6) is -1.19. The van der Waals surface area contributed by atoms with Crippen LogP contribution in [0.1, 0.15) is 68.2 Å². The molecule has 0 amide bonds. The molecule has 0 aliphatic carbocycles. The van der Waals surface area contributed by atoms with Crippen molar-refractivity contribution in [1.82, 2.24) is 0 Å². The van der Waals surface area contributed by atoms with Crippen LogP contribution in [0.15, 0.2) is 91.0 Å². The van der Waals surface area contributed by atoms with Crippen LogP contribution in [0.3, 0.4) is 0 Å². The highest BCUT2D eigenvalue weighted by Crippen LogP contribution is 2.43. The lowest BCUT2D eigenvalue weighted by Gasteiger charge is -2.52. The number of thioether (sulfide) groups is 1. The Morgan fingerprint density at radius 2 is 1.31 bits per heavy atom. The average Bonchev–Trinajstić information content (AvgIpc) is 3.23. The topological polar surface area (TPSA) is 164 Å². The second-order valence-corrected chi connectivity index (χ2v) is 16.4. The summed E-state index contributed by atoms with van der Waals surface area (Å²) >= 11 is 1.40. The van der Waals surface area contributed by atoms with Crippen LogP contribution in [-0.2, 0) is 57.0 Å². The minimum absolute atomic E-state index is 0.00959. The number of benzene rings is 3. The molecule has 7 rings (SSSR count). The first-order chi connectivity index (χ1) is 28.0. The predicted octanol–water partition coefficient (Wildman–Crippen LogP) is 5.28. The molecular formula is C43H50O14S. The van der Waals surface area contributed by atoms with Gasteiger partial charge < -0.3 is 52.5 Å². The highest BCUT2D eigenvalue weighted by atomic mass is 32.2. The van der Waals surface area contributed by atoms with Crippen molar-refractivity contribution in [1.29, 1.82) is 0 Å². The number of hydrogen-bond acceptors (Lipinski definition) is 15. The molecule has 14 nitrogen and oxygen atoms in total. The fraction of sp³-hybridized carbons (Fsp3) is 0.512. The molecule has 0 radical (unpaired) electrons. The van der Waals surface area contributed by atoms with Crippen LogP contribution in [0.2, 0.25) is 0 Å². The van der Waals surface area contributed by atoms with Crippen molar-refractivity contribution in [2.45, 2.75) is 107 Å². The van der Waals surface area contributed by atoms with Crippen LogP contribution in [0.5, 0.6) is 0 Å². The minimum atomic E-state index is -1.45. The molecule has 0 spiro atoms. The molecule has 1 N–H and O–H groups in total. The fourth-order valence-corrected chi connectivity index (χ4v) is 8.19. The molecule has 4 fully saturated rings. The lowest BCUT2D eigenvalue weighted by atomic mass is 9.89. The second kappa shape index (κ2) is 19.0. The fourth-order valence-electron chi connectivity index (χ4n) is 7.24. The van der Waals surface area contributed by atoms with Crippen molar-refractivity contribution in [3.05, 3.63) is 108 Å². The van der Waals surface area contributed by atoms with E-state index in [1.807, 2.05) is 67.6 Å². The molecule has 3 aromatic rings. The van der Waals surface area contributed by atoms with E-state index in [0.717, 1.165) is 11.1 Å². The maximum atomic E-state index is 14.1. The van der Waals surface area contributed by atoms with Crippen molar-refractivity contribution in [2.24, 2.45) is 5.41 Å². The van der Waals surface area contributed by atoms with Crippen molar-refractivity contribution < 1.29 is 66.9 Å². The average molecular weight is 823 g/mol. The van der Waals surface area contributed by atoms with Gasteiger partial charge in [-0.1, -0.05) is 85.8 Å². The van der Waals surface area contributed by atoms with Gasteiger partial charge in [-0.3, -0.25) is 9.59 Å². The first-order valence-corrected chi connectivity index (χ1v) is 20.6. The molecule has 6 unspecified atom stereocenters. The zero-order valence-electron chi connectivity index (χ0n) is 32.8. The van der Waals surface area contributed by atoms with E-state index in [4.69, 9.17) is 47.4 Å². The normalized spacial score (nSPS) is 32.2. The van der Waals surface area contributed by atoms with Gasteiger partial charge in [0.2, 0.25) is 0 Å². The Balaban J connectivity index is 1.22. The van der Waals surface area contributed by atoms with Gasteiger partial charge in [-0.25, -0.2) is 4.79 Å². The van der Waals surface area contributed by atoms with Crippen molar-refractivity contribution in [2.75, 3.05) is 25.6 Å². The summed E-state index contributed by atoms with van der Waals surface area (Å²) in [7, 11) is 0. The van der Waals surface area contributed by atoms with Gasteiger partial charge in [0.05, 0.1) is 30.8 Å². The van der Waals surface area contributed by atoms with Gasteiger partial charge in [0, 0.05) is 18.1 Å². The van der Waals surface area contributed by atoms with Crippen LogP contribution in [-0.4, -0.2) is 109 Å². The van der Waals surface area contributed by atoms with E-state index in [9.17, 15) is 19.5 Å². The third kappa shape index (κ3) is 9.75. The Morgan fingerprint density at radius 1 is 0.741 bits per heavy atom. The van der Waals surface area contributed by atoms with E-state index in [-0.39, 0.29) is 31.8 Å². The first kappa shape index (κ1) is 42.2. The van der Waals surface area contributed by atoms with E-state index in [1.165, 1.54) is 18.7 Å². The van der Waals surface area contributed by atoms with E-state index >= 15 is 0 Å².